The maximum absolute atomic E-state index is 14.0. The first kappa shape index (κ1) is 45.3. The van der Waals surface area contributed by atoms with Gasteiger partial charge in [0.1, 0.15) is 24.2 Å². The summed E-state index contributed by atoms with van der Waals surface area (Å²) in [6, 6.07) is 4.93. The van der Waals surface area contributed by atoms with Crippen LogP contribution in [0.15, 0.2) is 42.0 Å². The predicted molar refractivity (Wildman–Crippen MR) is 196 cm³/mol. The van der Waals surface area contributed by atoms with Gasteiger partial charge < -0.3 is 35.2 Å². The molecule has 0 saturated heterocycles. The summed E-state index contributed by atoms with van der Waals surface area (Å²) in [6.07, 6.45) is 2.07. The van der Waals surface area contributed by atoms with Crippen molar-refractivity contribution in [2.45, 2.75) is 111 Å². The van der Waals surface area contributed by atoms with Gasteiger partial charge in [0, 0.05) is 26.1 Å². The molecule has 14 nitrogen and oxygen atoms in total. The molecule has 1 unspecified atom stereocenters. The molecular weight excluding hydrogens is 670 g/mol. The van der Waals surface area contributed by atoms with E-state index in [0.717, 1.165) is 5.56 Å². The van der Waals surface area contributed by atoms with Crippen LogP contribution in [0.4, 0.5) is 0 Å². The summed E-state index contributed by atoms with van der Waals surface area (Å²) in [6.45, 7) is 13.4. The molecule has 0 spiro atoms. The molecule has 1 aromatic rings. The van der Waals surface area contributed by atoms with E-state index in [1.165, 1.54) is 44.9 Å². The molecule has 0 aliphatic heterocycles. The number of hydrogen-bond acceptors (Lipinski definition) is 9. The Balaban J connectivity index is 3.21. The first-order valence-corrected chi connectivity index (χ1v) is 17.8. The summed E-state index contributed by atoms with van der Waals surface area (Å²) in [5, 5.41) is 7.88. The van der Waals surface area contributed by atoms with Gasteiger partial charge in [-0.2, -0.15) is 0 Å². The van der Waals surface area contributed by atoms with Crippen LogP contribution in [0.1, 0.15) is 80.2 Å². The molecule has 0 radical (unpaired) electrons. The minimum absolute atomic E-state index is 0.00608. The van der Waals surface area contributed by atoms with Crippen LogP contribution in [-0.2, 0) is 49.5 Å². The molecule has 0 saturated carbocycles. The number of ether oxygens (including phenoxy) is 2. The quantitative estimate of drug-likeness (QED) is 0.134. The molecule has 1 rings (SSSR count). The molecule has 0 aliphatic carbocycles. The number of methoxy groups -OCH3 is 1. The second kappa shape index (κ2) is 22.2. The molecule has 0 aromatic heterocycles. The molecule has 14 heteroatoms. The van der Waals surface area contributed by atoms with Crippen molar-refractivity contribution < 1.29 is 43.0 Å². The third-order valence-corrected chi connectivity index (χ3v) is 8.64. The topological polar surface area (TPSA) is 181 Å². The highest BCUT2D eigenvalue weighted by molar-refractivity contribution is 5.96. The molecule has 52 heavy (non-hydrogen) atoms. The van der Waals surface area contributed by atoms with Gasteiger partial charge in [-0.15, -0.1) is 0 Å². The average molecular weight is 730 g/mol. The molecule has 0 bridgehead atoms. The first-order chi connectivity index (χ1) is 24.4. The highest BCUT2D eigenvalue weighted by Crippen LogP contribution is 2.15. The van der Waals surface area contributed by atoms with E-state index in [1.54, 1.807) is 44.2 Å². The fraction of sp³-hybridized carbons (Fsp3) is 0.605. The molecule has 290 valence electrons. The lowest BCUT2D eigenvalue weighted by molar-refractivity contribution is -0.154. The zero-order valence-electron chi connectivity index (χ0n) is 32.6. The average Bonchev–Trinajstić information content (AvgIpc) is 3.10. The van der Waals surface area contributed by atoms with Gasteiger partial charge in [0.2, 0.25) is 23.6 Å². The third-order valence-electron chi connectivity index (χ3n) is 8.64. The number of nitrogens with zero attached hydrogens (tertiary/aromatic N) is 2. The highest BCUT2D eigenvalue weighted by Gasteiger charge is 2.35. The number of esters is 2. The minimum atomic E-state index is -1.13. The van der Waals surface area contributed by atoms with E-state index in [9.17, 15) is 33.6 Å². The first-order valence-electron chi connectivity index (χ1n) is 17.8. The summed E-state index contributed by atoms with van der Waals surface area (Å²) in [7, 11) is 4.07. The lowest BCUT2D eigenvalue weighted by atomic mass is 9.98. The molecule has 3 N–H and O–H groups in total. The van der Waals surface area contributed by atoms with Gasteiger partial charge in [-0.25, -0.2) is 9.59 Å². The van der Waals surface area contributed by atoms with Crippen molar-refractivity contribution in [3.63, 3.8) is 0 Å². The standard InChI is InChI=1S/C38H59N5O9/c1-12-17-25(6)37(49)52-30(20-23(3)4)33(45)39-26(7)35(47)43(10)29(21-28-18-15-14-16-19-28)36(48)42(9)22-31(44)41-32(24(5)13-2)34(46)40-27(8)38(50)51-11/h14-19,23-24,26-27,29-30,32H,12-13,20-22H2,1-11H3,(H,39,45)(H,40,46)(H,41,44)/b25-17+/t24?,26-,27+,29+,30+,32-/m0/s1. The van der Waals surface area contributed by atoms with Crippen LogP contribution < -0.4 is 16.0 Å². The third kappa shape index (κ3) is 14.5. The molecular formula is C38H59N5O9. The van der Waals surface area contributed by atoms with Crippen molar-refractivity contribution >= 4 is 41.5 Å². The summed E-state index contributed by atoms with van der Waals surface area (Å²) < 4.78 is 10.2. The molecule has 0 heterocycles. The van der Waals surface area contributed by atoms with Crippen LogP contribution in [-0.4, -0.2) is 109 Å². The Morgan fingerprint density at radius 1 is 0.827 bits per heavy atom. The van der Waals surface area contributed by atoms with E-state index in [0.29, 0.717) is 18.4 Å². The maximum Gasteiger partial charge on any atom is 0.334 e. The number of likely N-dealkylation sites (N-methyl/N-ethyl adjacent to an activating group) is 2. The number of nitrogens with one attached hydrogen (secondary N) is 3. The zero-order chi connectivity index (χ0) is 39.7. The predicted octanol–water partition coefficient (Wildman–Crippen LogP) is 2.54. The van der Waals surface area contributed by atoms with Gasteiger partial charge in [-0.1, -0.05) is 77.4 Å². The van der Waals surface area contributed by atoms with E-state index in [2.05, 4.69) is 20.7 Å². The number of amides is 5. The van der Waals surface area contributed by atoms with Crippen LogP contribution in [0.5, 0.6) is 0 Å². The monoisotopic (exact) mass is 729 g/mol. The van der Waals surface area contributed by atoms with Crippen LogP contribution in [0.3, 0.4) is 0 Å². The normalized spacial score (nSPS) is 14.8. The number of rotatable bonds is 20. The van der Waals surface area contributed by atoms with Gasteiger partial charge in [0.05, 0.1) is 13.7 Å². The number of hydrogen-bond donors (Lipinski definition) is 3. The Kier molecular flexibility index (Phi) is 19.4. The van der Waals surface area contributed by atoms with Gasteiger partial charge in [0.25, 0.3) is 5.91 Å². The highest BCUT2D eigenvalue weighted by atomic mass is 16.5. The zero-order valence-corrected chi connectivity index (χ0v) is 32.6. The molecule has 0 aliphatic rings. The summed E-state index contributed by atoms with van der Waals surface area (Å²) >= 11 is 0. The van der Waals surface area contributed by atoms with E-state index in [4.69, 9.17) is 4.74 Å². The van der Waals surface area contributed by atoms with Crippen LogP contribution in [0, 0.1) is 11.8 Å². The Morgan fingerprint density at radius 2 is 1.42 bits per heavy atom. The Bertz CT molecular complexity index is 1410. The maximum atomic E-state index is 14.0. The van der Waals surface area contributed by atoms with Crippen molar-refractivity contribution in [3.8, 4) is 0 Å². The Hall–Kier alpha value is -4.75. The van der Waals surface area contributed by atoms with Crippen LogP contribution in [0.25, 0.3) is 0 Å². The lowest BCUT2D eigenvalue weighted by Crippen LogP contribution is -2.57. The van der Waals surface area contributed by atoms with Crippen molar-refractivity contribution in [3.05, 3.63) is 47.5 Å². The van der Waals surface area contributed by atoms with Gasteiger partial charge in [0.15, 0.2) is 6.10 Å². The fourth-order valence-electron chi connectivity index (χ4n) is 5.31. The SMILES string of the molecule is CC/C=C(\C)C(=O)O[C@H](CC(C)C)C(=O)N[C@@H](C)C(=O)N(C)[C@H](Cc1ccccc1)C(=O)N(C)CC(=O)N[C@H](C(=O)N[C@H](C)C(=O)OC)C(C)CC. The van der Waals surface area contributed by atoms with Gasteiger partial charge in [-0.05, 0) is 51.0 Å². The van der Waals surface area contributed by atoms with Gasteiger partial charge >= 0.3 is 11.9 Å². The number of allylic oxidation sites excluding steroid dienone is 1. The number of carbonyl (C=O) groups is 7. The van der Waals surface area contributed by atoms with Crippen LogP contribution in [0.2, 0.25) is 0 Å². The Labute approximate surface area is 308 Å². The van der Waals surface area contributed by atoms with E-state index >= 15 is 0 Å². The summed E-state index contributed by atoms with van der Waals surface area (Å²) in [4.78, 5) is 94.2. The summed E-state index contributed by atoms with van der Waals surface area (Å²) in [5.41, 5.74) is 1.13. The van der Waals surface area contributed by atoms with Gasteiger partial charge in [-0.3, -0.25) is 24.0 Å². The lowest BCUT2D eigenvalue weighted by Gasteiger charge is -2.33. The van der Waals surface area contributed by atoms with Crippen molar-refractivity contribution in [1.82, 2.24) is 25.8 Å². The Morgan fingerprint density at radius 3 is 1.96 bits per heavy atom. The van der Waals surface area contributed by atoms with E-state index < -0.39 is 78.3 Å². The van der Waals surface area contributed by atoms with Crippen molar-refractivity contribution in [2.24, 2.45) is 11.8 Å². The van der Waals surface area contributed by atoms with Crippen molar-refractivity contribution in [2.75, 3.05) is 27.7 Å². The largest absolute Gasteiger partial charge is 0.467 e. The minimum Gasteiger partial charge on any atom is -0.467 e. The molecule has 0 fully saturated rings. The number of carbonyl (C=O) groups excluding carboxylic acids is 7. The summed E-state index contributed by atoms with van der Waals surface area (Å²) in [5.74, 6) is -4.52. The molecule has 6 atom stereocenters. The van der Waals surface area contributed by atoms with Crippen molar-refractivity contribution in [1.29, 1.82) is 0 Å². The second-order valence-corrected chi connectivity index (χ2v) is 13.6. The fourth-order valence-corrected chi connectivity index (χ4v) is 5.31. The van der Waals surface area contributed by atoms with E-state index in [-0.39, 0.29) is 24.7 Å². The molecule has 1 aromatic carbocycles. The smallest absolute Gasteiger partial charge is 0.334 e. The molecule has 5 amide bonds. The van der Waals surface area contributed by atoms with Crippen LogP contribution >= 0.6 is 0 Å². The van der Waals surface area contributed by atoms with E-state index in [1.807, 2.05) is 33.8 Å². The number of benzene rings is 1. The second-order valence-electron chi connectivity index (χ2n) is 13.6.